The maximum Gasteiger partial charge on any atom is 0.410 e. The van der Waals surface area contributed by atoms with Gasteiger partial charge in [0.15, 0.2) is 0 Å². The maximum atomic E-state index is 12.8. The van der Waals surface area contributed by atoms with Crippen molar-refractivity contribution in [3.63, 3.8) is 0 Å². The number of nitrogens with zero attached hydrogens (tertiary/aromatic N) is 1. The molecule has 1 aliphatic heterocycles. The van der Waals surface area contributed by atoms with Crippen LogP contribution < -0.4 is 11.3 Å². The van der Waals surface area contributed by atoms with Gasteiger partial charge in [0.05, 0.1) is 12.0 Å². The number of benzene rings is 1. The first kappa shape index (κ1) is 19.4. The highest BCUT2D eigenvalue weighted by Gasteiger charge is 2.40. The quantitative estimate of drug-likeness (QED) is 0.287. The first-order valence-corrected chi connectivity index (χ1v) is 9.73. The molecular formula is C18H17Cl3N4O3. The van der Waals surface area contributed by atoms with Gasteiger partial charge < -0.3 is 9.72 Å². The molecule has 1 aromatic heterocycles. The molecule has 0 saturated carbocycles. The smallest absolute Gasteiger partial charge is 0.410 e. The number of hydrazine groups is 1. The maximum absolute atomic E-state index is 12.8. The number of hydrogen-bond acceptors (Lipinski definition) is 4. The Balaban J connectivity index is 1.74. The molecule has 4 N–H and O–H groups in total. The number of carbonyl (C=O) groups excluding carboxylic acids is 2. The fourth-order valence-corrected chi connectivity index (χ4v) is 4.10. The van der Waals surface area contributed by atoms with Gasteiger partial charge in [0, 0.05) is 23.6 Å². The van der Waals surface area contributed by atoms with Gasteiger partial charge in [-0.1, -0.05) is 53.0 Å². The van der Waals surface area contributed by atoms with Gasteiger partial charge in [-0.2, -0.15) is 0 Å². The first-order valence-electron chi connectivity index (χ1n) is 8.60. The molecule has 1 unspecified atom stereocenters. The second kappa shape index (κ2) is 7.15. The lowest BCUT2D eigenvalue weighted by Crippen LogP contribution is -2.52. The molecule has 0 radical (unpaired) electrons. The van der Waals surface area contributed by atoms with Crippen LogP contribution >= 0.6 is 34.8 Å². The van der Waals surface area contributed by atoms with Crippen molar-refractivity contribution < 1.29 is 14.3 Å². The van der Waals surface area contributed by atoms with E-state index in [4.69, 9.17) is 45.4 Å². The van der Waals surface area contributed by atoms with Gasteiger partial charge in [-0.05, 0) is 29.2 Å². The molecule has 10 heteroatoms. The number of fused-ring (bicyclic) bond motifs is 2. The van der Waals surface area contributed by atoms with E-state index in [1.807, 2.05) is 30.5 Å². The molecule has 4 rings (SSSR count). The number of aromatic amines is 1. The number of rotatable bonds is 2. The predicted molar refractivity (Wildman–Crippen MR) is 108 cm³/mol. The van der Waals surface area contributed by atoms with Crippen molar-refractivity contribution in [3.8, 4) is 0 Å². The Kier molecular flexibility index (Phi) is 4.95. The number of carbonyl (C=O) groups is 2. The highest BCUT2D eigenvalue weighted by Crippen LogP contribution is 2.41. The van der Waals surface area contributed by atoms with Crippen molar-refractivity contribution in [2.24, 2.45) is 11.8 Å². The number of amides is 2. The Bertz CT molecular complexity index is 982. The van der Waals surface area contributed by atoms with Crippen molar-refractivity contribution in [3.05, 3.63) is 41.6 Å². The summed E-state index contributed by atoms with van der Waals surface area (Å²) < 4.78 is 3.47. The second-order valence-electron chi connectivity index (χ2n) is 6.82. The largest absolute Gasteiger partial charge is 0.445 e. The number of nitrogens with two attached hydrogens (primary N) is 1. The number of halogens is 3. The molecule has 28 heavy (non-hydrogen) atoms. The fourth-order valence-electron chi connectivity index (χ4n) is 3.94. The summed E-state index contributed by atoms with van der Waals surface area (Å²) in [7, 11) is 0. The molecule has 7 nitrogen and oxygen atoms in total. The third kappa shape index (κ3) is 3.43. The minimum Gasteiger partial charge on any atom is -0.445 e. The van der Waals surface area contributed by atoms with Crippen molar-refractivity contribution in [1.29, 1.82) is 0 Å². The Morgan fingerprint density at radius 3 is 2.86 bits per heavy atom. The highest BCUT2D eigenvalue weighted by molar-refractivity contribution is 6.67. The molecule has 1 aliphatic carbocycles. The summed E-state index contributed by atoms with van der Waals surface area (Å²) in [6.07, 6.45) is 3.75. The Morgan fingerprint density at radius 2 is 2.14 bits per heavy atom. The van der Waals surface area contributed by atoms with Crippen LogP contribution in [-0.2, 0) is 16.0 Å². The zero-order valence-electron chi connectivity index (χ0n) is 14.5. The third-order valence-corrected chi connectivity index (χ3v) is 5.42. The average Bonchev–Trinajstić information content (AvgIpc) is 3.08. The summed E-state index contributed by atoms with van der Waals surface area (Å²) >= 11 is 17.1. The van der Waals surface area contributed by atoms with Crippen LogP contribution in [0.15, 0.2) is 30.5 Å². The zero-order chi connectivity index (χ0) is 20.1. The molecule has 2 amide bonds. The van der Waals surface area contributed by atoms with Crippen molar-refractivity contribution in [1.82, 2.24) is 15.3 Å². The first-order chi connectivity index (χ1) is 13.3. The molecule has 2 heterocycles. The van der Waals surface area contributed by atoms with E-state index in [0.717, 1.165) is 27.6 Å². The molecule has 2 aliphatic rings. The summed E-state index contributed by atoms with van der Waals surface area (Å²) in [6.45, 7) is -0.275. The minimum absolute atomic E-state index is 0.117. The van der Waals surface area contributed by atoms with E-state index in [1.54, 1.807) is 0 Å². The normalized spacial score (nSPS) is 21.1. The summed E-state index contributed by atoms with van der Waals surface area (Å²) in [5, 5.41) is 1.09. The monoisotopic (exact) mass is 442 g/mol. The van der Waals surface area contributed by atoms with Gasteiger partial charge in [0.2, 0.25) is 9.70 Å². The lowest BCUT2D eigenvalue weighted by Gasteiger charge is -2.40. The van der Waals surface area contributed by atoms with Gasteiger partial charge in [0.1, 0.15) is 6.61 Å². The molecule has 0 bridgehead atoms. The molecule has 1 aromatic carbocycles. The Morgan fingerprint density at radius 1 is 1.36 bits per heavy atom. The van der Waals surface area contributed by atoms with Gasteiger partial charge in [-0.3, -0.25) is 15.1 Å². The SMILES string of the molecule is NNC(=O)C1C=C2c3cccc4[nH]cc(c34)C[C@H]2N(C(=O)OCC(Cl)(Cl)Cl)C1. The number of aromatic nitrogens is 1. The number of nitrogens with one attached hydrogen (secondary N) is 2. The molecular weight excluding hydrogens is 427 g/mol. The van der Waals surface area contributed by atoms with Crippen LogP contribution in [0, 0.1) is 5.92 Å². The van der Waals surface area contributed by atoms with Gasteiger partial charge in [0.25, 0.3) is 0 Å². The average molecular weight is 444 g/mol. The number of hydrogen-bond donors (Lipinski definition) is 3. The van der Waals surface area contributed by atoms with E-state index in [1.165, 1.54) is 4.90 Å². The summed E-state index contributed by atoms with van der Waals surface area (Å²) in [5.41, 5.74) is 6.10. The summed E-state index contributed by atoms with van der Waals surface area (Å²) in [5.74, 6) is 4.31. The van der Waals surface area contributed by atoms with E-state index in [9.17, 15) is 9.59 Å². The van der Waals surface area contributed by atoms with Gasteiger partial charge >= 0.3 is 6.09 Å². The Hall–Kier alpha value is -1.93. The minimum atomic E-state index is -1.72. The van der Waals surface area contributed by atoms with E-state index in [-0.39, 0.29) is 12.6 Å². The van der Waals surface area contributed by atoms with Crippen molar-refractivity contribution in [2.45, 2.75) is 16.3 Å². The lowest BCUT2D eigenvalue weighted by molar-refractivity contribution is -0.124. The number of H-pyrrole nitrogens is 1. The van der Waals surface area contributed by atoms with E-state index >= 15 is 0 Å². The van der Waals surface area contributed by atoms with Crippen LogP contribution in [0.25, 0.3) is 16.5 Å². The van der Waals surface area contributed by atoms with Crippen LogP contribution in [0.2, 0.25) is 0 Å². The standard InChI is InChI=1S/C18H17Cl3N4O3/c19-18(20,21)8-28-17(27)25-7-10(16(26)24-22)4-12-11-2-1-3-13-15(11)9(6-23-13)5-14(12)25/h1-4,6,10,14,23H,5,7-8,22H2,(H,24,26)/t10?,14-/m1/s1. The molecule has 2 atom stereocenters. The van der Waals surface area contributed by atoms with Crippen LogP contribution in [0.1, 0.15) is 11.1 Å². The molecule has 148 valence electrons. The van der Waals surface area contributed by atoms with Gasteiger partial charge in [-0.25, -0.2) is 10.6 Å². The zero-order valence-corrected chi connectivity index (χ0v) is 16.8. The molecule has 0 saturated heterocycles. The van der Waals surface area contributed by atoms with Crippen LogP contribution in [0.3, 0.4) is 0 Å². The topological polar surface area (TPSA) is 100 Å². The second-order valence-corrected chi connectivity index (χ2v) is 9.34. The van der Waals surface area contributed by atoms with Crippen molar-refractivity contribution in [2.75, 3.05) is 13.2 Å². The molecule has 0 spiro atoms. The molecule has 2 aromatic rings. The molecule has 0 fully saturated rings. The summed E-state index contributed by atoms with van der Waals surface area (Å²) in [4.78, 5) is 29.8. The van der Waals surface area contributed by atoms with E-state index in [0.29, 0.717) is 6.42 Å². The fraction of sp³-hybridized carbons (Fsp3) is 0.333. The lowest BCUT2D eigenvalue weighted by atomic mass is 9.79. The van der Waals surface area contributed by atoms with Crippen molar-refractivity contribution >= 4 is 63.3 Å². The predicted octanol–water partition coefficient (Wildman–Crippen LogP) is 2.90. The van der Waals surface area contributed by atoms with Crippen LogP contribution in [0.4, 0.5) is 4.79 Å². The van der Waals surface area contributed by atoms with E-state index in [2.05, 4.69) is 10.4 Å². The van der Waals surface area contributed by atoms with Crippen LogP contribution in [0.5, 0.6) is 0 Å². The van der Waals surface area contributed by atoms with Crippen LogP contribution in [-0.4, -0.2) is 44.9 Å². The third-order valence-electron chi connectivity index (χ3n) is 5.09. The number of alkyl halides is 3. The highest BCUT2D eigenvalue weighted by atomic mass is 35.6. The number of ether oxygens (including phenoxy) is 1. The van der Waals surface area contributed by atoms with Gasteiger partial charge in [-0.15, -0.1) is 0 Å². The summed E-state index contributed by atoms with van der Waals surface area (Å²) in [6, 6.07) is 5.60. The van der Waals surface area contributed by atoms with E-state index < -0.39 is 28.3 Å². The Labute approximate surface area is 175 Å².